The lowest BCUT2D eigenvalue weighted by Gasteiger charge is -2.35. The molecule has 3 heterocycles. The molecule has 0 spiro atoms. The first-order valence-corrected chi connectivity index (χ1v) is 9.50. The number of aromatic nitrogens is 4. The minimum atomic E-state index is -0.571. The number of carbonyl (C=O) groups is 1. The highest BCUT2D eigenvalue weighted by Gasteiger charge is 2.21. The van der Waals surface area contributed by atoms with Crippen LogP contribution in [-0.4, -0.2) is 56.5 Å². The van der Waals surface area contributed by atoms with Crippen molar-refractivity contribution in [2.75, 3.05) is 31.1 Å². The monoisotopic (exact) mass is 410 g/mol. The van der Waals surface area contributed by atoms with Gasteiger partial charge < -0.3 is 9.80 Å². The summed E-state index contributed by atoms with van der Waals surface area (Å²) in [6.07, 6.45) is 7.76. The lowest BCUT2D eigenvalue weighted by atomic mass is 10.2. The average molecular weight is 410 g/mol. The number of anilines is 1. The first kappa shape index (κ1) is 19.7. The average Bonchev–Trinajstić information content (AvgIpc) is 3.29. The fourth-order valence-electron chi connectivity index (χ4n) is 3.29. The Bertz CT molecular complexity index is 1080. The Morgan fingerprint density at radius 3 is 2.57 bits per heavy atom. The summed E-state index contributed by atoms with van der Waals surface area (Å²) in [5.41, 5.74) is 0.0467. The highest BCUT2D eigenvalue weighted by Crippen LogP contribution is 2.18. The van der Waals surface area contributed by atoms with E-state index in [0.29, 0.717) is 32.0 Å². The molecule has 1 fully saturated rings. The maximum atomic E-state index is 13.7. The van der Waals surface area contributed by atoms with Crippen LogP contribution >= 0.6 is 0 Å². The number of nitrogens with zero attached hydrogens (tertiary/aromatic N) is 6. The quantitative estimate of drug-likeness (QED) is 0.619. The molecule has 1 aliphatic rings. The standard InChI is InChI=1S/C21H20F2N6O/c1-15-25-19(13-20(26-15)29-7-6-24-14-29)27-8-10-28(11-9-27)21(30)5-2-16-12-17(22)3-4-18(16)23/h2-7,12-14H,8-11H2,1H3/b5-2+. The third-order valence-electron chi connectivity index (χ3n) is 4.86. The van der Waals surface area contributed by atoms with Crippen molar-refractivity contribution in [3.63, 3.8) is 0 Å². The number of halogens is 2. The molecule has 0 radical (unpaired) electrons. The molecule has 4 rings (SSSR count). The maximum absolute atomic E-state index is 13.7. The summed E-state index contributed by atoms with van der Waals surface area (Å²) < 4.78 is 28.8. The summed E-state index contributed by atoms with van der Waals surface area (Å²) >= 11 is 0. The molecule has 0 bridgehead atoms. The van der Waals surface area contributed by atoms with Crippen molar-refractivity contribution < 1.29 is 13.6 Å². The minimum absolute atomic E-state index is 0.0467. The zero-order valence-corrected chi connectivity index (χ0v) is 16.4. The van der Waals surface area contributed by atoms with Gasteiger partial charge in [-0.05, 0) is 31.2 Å². The Kier molecular flexibility index (Phi) is 5.51. The number of piperazine rings is 1. The highest BCUT2D eigenvalue weighted by atomic mass is 19.1. The van der Waals surface area contributed by atoms with E-state index in [0.717, 1.165) is 29.8 Å². The van der Waals surface area contributed by atoms with Crippen LogP contribution in [-0.2, 0) is 4.79 Å². The molecule has 0 aliphatic carbocycles. The van der Waals surface area contributed by atoms with Gasteiger partial charge in [0.05, 0.1) is 0 Å². The molecule has 1 aliphatic heterocycles. The number of amides is 1. The van der Waals surface area contributed by atoms with Crippen molar-refractivity contribution in [3.05, 3.63) is 72.1 Å². The van der Waals surface area contributed by atoms with E-state index in [-0.39, 0.29) is 11.5 Å². The number of carbonyl (C=O) groups excluding carboxylic acids is 1. The van der Waals surface area contributed by atoms with Gasteiger partial charge in [-0.1, -0.05) is 0 Å². The van der Waals surface area contributed by atoms with Gasteiger partial charge in [0.1, 0.15) is 35.4 Å². The van der Waals surface area contributed by atoms with E-state index in [4.69, 9.17) is 0 Å². The van der Waals surface area contributed by atoms with Crippen LogP contribution < -0.4 is 4.90 Å². The third kappa shape index (κ3) is 4.35. The van der Waals surface area contributed by atoms with E-state index in [9.17, 15) is 13.6 Å². The fraction of sp³-hybridized carbons (Fsp3) is 0.238. The Balaban J connectivity index is 1.41. The van der Waals surface area contributed by atoms with Gasteiger partial charge in [0.25, 0.3) is 0 Å². The molecule has 2 aromatic heterocycles. The number of hydrogen-bond acceptors (Lipinski definition) is 5. The molecule has 154 valence electrons. The van der Waals surface area contributed by atoms with Crippen molar-refractivity contribution in [2.45, 2.75) is 6.92 Å². The second-order valence-electron chi connectivity index (χ2n) is 6.91. The zero-order chi connectivity index (χ0) is 21.1. The van der Waals surface area contributed by atoms with Gasteiger partial charge in [-0.15, -0.1) is 0 Å². The van der Waals surface area contributed by atoms with Crippen LogP contribution in [0.2, 0.25) is 0 Å². The SMILES string of the molecule is Cc1nc(N2CCN(C(=O)/C=C/c3cc(F)ccc3F)CC2)cc(-n2ccnc2)n1. The molecular weight excluding hydrogens is 390 g/mol. The topological polar surface area (TPSA) is 67.2 Å². The lowest BCUT2D eigenvalue weighted by Crippen LogP contribution is -2.48. The summed E-state index contributed by atoms with van der Waals surface area (Å²) in [4.78, 5) is 29.2. The molecule has 1 aromatic carbocycles. The maximum Gasteiger partial charge on any atom is 0.246 e. The van der Waals surface area contributed by atoms with Crippen LogP contribution in [0.15, 0.2) is 49.1 Å². The molecule has 9 heteroatoms. The van der Waals surface area contributed by atoms with Gasteiger partial charge in [-0.25, -0.2) is 23.7 Å². The van der Waals surface area contributed by atoms with Gasteiger partial charge in [-0.3, -0.25) is 9.36 Å². The van der Waals surface area contributed by atoms with Gasteiger partial charge in [0.15, 0.2) is 0 Å². The Labute approximate surface area is 172 Å². The summed E-state index contributed by atoms with van der Waals surface area (Å²) in [5.74, 6) is 0.806. The molecule has 0 saturated carbocycles. The fourth-order valence-corrected chi connectivity index (χ4v) is 3.29. The van der Waals surface area contributed by atoms with Crippen LogP contribution in [0.3, 0.4) is 0 Å². The number of benzene rings is 1. The molecule has 1 amide bonds. The number of aryl methyl sites for hydroxylation is 1. The van der Waals surface area contributed by atoms with Crippen molar-refractivity contribution >= 4 is 17.8 Å². The van der Waals surface area contributed by atoms with Crippen LogP contribution in [0, 0.1) is 18.6 Å². The van der Waals surface area contributed by atoms with Crippen LogP contribution in [0.25, 0.3) is 11.9 Å². The normalized spacial score (nSPS) is 14.5. The highest BCUT2D eigenvalue weighted by molar-refractivity contribution is 5.92. The first-order chi connectivity index (χ1) is 14.5. The molecule has 7 nitrogen and oxygen atoms in total. The van der Waals surface area contributed by atoms with Gasteiger partial charge in [0.2, 0.25) is 5.91 Å². The minimum Gasteiger partial charge on any atom is -0.353 e. The van der Waals surface area contributed by atoms with E-state index in [2.05, 4.69) is 19.9 Å². The van der Waals surface area contributed by atoms with E-state index in [1.54, 1.807) is 17.4 Å². The summed E-state index contributed by atoms with van der Waals surface area (Å²) in [6.45, 7) is 4.04. The second-order valence-corrected chi connectivity index (χ2v) is 6.91. The molecule has 0 unspecified atom stereocenters. The van der Waals surface area contributed by atoms with E-state index in [1.165, 1.54) is 12.2 Å². The van der Waals surface area contributed by atoms with Crippen molar-refractivity contribution in [3.8, 4) is 5.82 Å². The summed E-state index contributed by atoms with van der Waals surface area (Å²) in [7, 11) is 0. The molecule has 0 atom stereocenters. The van der Waals surface area contributed by atoms with Gasteiger partial charge >= 0.3 is 0 Å². The van der Waals surface area contributed by atoms with Crippen molar-refractivity contribution in [1.29, 1.82) is 0 Å². The van der Waals surface area contributed by atoms with Crippen LogP contribution in [0.5, 0.6) is 0 Å². The summed E-state index contributed by atoms with van der Waals surface area (Å²) in [6, 6.07) is 5.03. The third-order valence-corrected chi connectivity index (χ3v) is 4.86. The Hall–Kier alpha value is -3.62. The Morgan fingerprint density at radius 2 is 1.83 bits per heavy atom. The van der Waals surface area contributed by atoms with E-state index in [1.807, 2.05) is 23.8 Å². The second kappa shape index (κ2) is 8.40. The van der Waals surface area contributed by atoms with Gasteiger partial charge in [0, 0.05) is 56.3 Å². The molecule has 1 saturated heterocycles. The molecule has 0 N–H and O–H groups in total. The number of imidazole rings is 1. The molecule has 3 aromatic rings. The van der Waals surface area contributed by atoms with Crippen molar-refractivity contribution in [2.24, 2.45) is 0 Å². The number of hydrogen-bond donors (Lipinski definition) is 0. The molecular formula is C21H20F2N6O. The van der Waals surface area contributed by atoms with Crippen LogP contribution in [0.1, 0.15) is 11.4 Å². The van der Waals surface area contributed by atoms with Gasteiger partial charge in [-0.2, -0.15) is 0 Å². The predicted molar refractivity (Wildman–Crippen MR) is 108 cm³/mol. The smallest absolute Gasteiger partial charge is 0.246 e. The lowest BCUT2D eigenvalue weighted by molar-refractivity contribution is -0.126. The largest absolute Gasteiger partial charge is 0.353 e. The predicted octanol–water partition coefficient (Wildman–Crippen LogP) is 2.61. The van der Waals surface area contributed by atoms with E-state index < -0.39 is 11.6 Å². The first-order valence-electron chi connectivity index (χ1n) is 9.50. The zero-order valence-electron chi connectivity index (χ0n) is 16.4. The summed E-state index contributed by atoms with van der Waals surface area (Å²) in [5, 5.41) is 0. The van der Waals surface area contributed by atoms with Crippen LogP contribution in [0.4, 0.5) is 14.6 Å². The Morgan fingerprint density at radius 1 is 1.07 bits per heavy atom. The van der Waals surface area contributed by atoms with Crippen molar-refractivity contribution in [1.82, 2.24) is 24.4 Å². The van der Waals surface area contributed by atoms with E-state index >= 15 is 0 Å². The molecule has 30 heavy (non-hydrogen) atoms. The number of rotatable bonds is 4.